The number of nitrogens with zero attached hydrogens (tertiary/aromatic N) is 2. The standard InChI is InChI=1S/C21H21N3O2/c25-20-12-17-6-2-1-5-16(17)11-19(20)21(26)23-22-13-15-9-10-24(14-15)18-7-3-4-8-18/h1-2,5-6,9-14,18,25H,3-4,7-8H2,(H,23,26)/b22-13-. The van der Waals surface area contributed by atoms with E-state index >= 15 is 0 Å². The number of benzene rings is 2. The Labute approximate surface area is 152 Å². The van der Waals surface area contributed by atoms with Crippen molar-refractivity contribution in [2.75, 3.05) is 0 Å². The molecule has 5 nitrogen and oxygen atoms in total. The first kappa shape index (κ1) is 16.4. The van der Waals surface area contributed by atoms with Crippen molar-refractivity contribution >= 4 is 22.9 Å². The van der Waals surface area contributed by atoms with E-state index in [0.717, 1.165) is 16.3 Å². The summed E-state index contributed by atoms with van der Waals surface area (Å²) in [7, 11) is 0. The Kier molecular flexibility index (Phi) is 4.44. The zero-order valence-corrected chi connectivity index (χ0v) is 14.4. The van der Waals surface area contributed by atoms with Crippen molar-refractivity contribution in [2.45, 2.75) is 31.7 Å². The van der Waals surface area contributed by atoms with E-state index < -0.39 is 5.91 Å². The molecule has 0 bridgehead atoms. The lowest BCUT2D eigenvalue weighted by Gasteiger charge is -2.10. The van der Waals surface area contributed by atoms with Crippen LogP contribution in [0.4, 0.5) is 0 Å². The van der Waals surface area contributed by atoms with Gasteiger partial charge in [0.15, 0.2) is 0 Å². The Hall–Kier alpha value is -3.08. The number of fused-ring (bicyclic) bond motifs is 1. The molecule has 1 aliphatic carbocycles. The van der Waals surface area contributed by atoms with Gasteiger partial charge in [0.05, 0.1) is 11.8 Å². The van der Waals surface area contributed by atoms with E-state index in [1.165, 1.54) is 25.7 Å². The molecule has 2 aromatic carbocycles. The first-order chi connectivity index (χ1) is 12.7. The highest BCUT2D eigenvalue weighted by molar-refractivity contribution is 6.01. The molecule has 0 unspecified atom stereocenters. The van der Waals surface area contributed by atoms with Crippen molar-refractivity contribution in [1.29, 1.82) is 0 Å². The van der Waals surface area contributed by atoms with Crippen molar-refractivity contribution in [1.82, 2.24) is 9.99 Å². The maximum atomic E-state index is 12.3. The molecule has 1 amide bonds. The monoisotopic (exact) mass is 347 g/mol. The van der Waals surface area contributed by atoms with Crippen molar-refractivity contribution in [2.24, 2.45) is 5.10 Å². The number of hydrazone groups is 1. The normalized spacial score (nSPS) is 15.1. The summed E-state index contributed by atoms with van der Waals surface area (Å²) >= 11 is 0. The van der Waals surface area contributed by atoms with E-state index in [0.29, 0.717) is 6.04 Å². The number of phenolic OH excluding ortho intramolecular Hbond substituents is 1. The van der Waals surface area contributed by atoms with E-state index in [-0.39, 0.29) is 11.3 Å². The molecule has 0 spiro atoms. The largest absolute Gasteiger partial charge is 0.507 e. The van der Waals surface area contributed by atoms with Crippen LogP contribution in [0.15, 0.2) is 60.0 Å². The summed E-state index contributed by atoms with van der Waals surface area (Å²) in [6, 6.07) is 13.4. The molecule has 1 fully saturated rings. The number of rotatable bonds is 4. The second-order valence-corrected chi connectivity index (χ2v) is 6.75. The van der Waals surface area contributed by atoms with Gasteiger partial charge in [-0.3, -0.25) is 4.79 Å². The highest BCUT2D eigenvalue weighted by Gasteiger charge is 2.16. The molecule has 4 rings (SSSR count). The predicted molar refractivity (Wildman–Crippen MR) is 103 cm³/mol. The molecule has 1 heterocycles. The van der Waals surface area contributed by atoms with Crippen molar-refractivity contribution in [3.63, 3.8) is 0 Å². The molecule has 1 aromatic heterocycles. The number of hydrogen-bond acceptors (Lipinski definition) is 3. The highest BCUT2D eigenvalue weighted by atomic mass is 16.3. The Morgan fingerprint density at radius 2 is 1.88 bits per heavy atom. The lowest BCUT2D eigenvalue weighted by atomic mass is 10.1. The van der Waals surface area contributed by atoms with Gasteiger partial charge in [-0.2, -0.15) is 5.10 Å². The fourth-order valence-electron chi connectivity index (χ4n) is 3.57. The second-order valence-electron chi connectivity index (χ2n) is 6.75. The van der Waals surface area contributed by atoms with Crippen LogP contribution in [0, 0.1) is 0 Å². The van der Waals surface area contributed by atoms with Crippen LogP contribution >= 0.6 is 0 Å². The number of carbonyl (C=O) groups excluding carboxylic acids is 1. The molecule has 132 valence electrons. The topological polar surface area (TPSA) is 66.6 Å². The molecule has 0 aliphatic heterocycles. The Balaban J connectivity index is 1.45. The molecule has 0 atom stereocenters. The zero-order valence-electron chi connectivity index (χ0n) is 14.4. The van der Waals surface area contributed by atoms with Gasteiger partial charge in [0.2, 0.25) is 0 Å². The minimum absolute atomic E-state index is 0.0520. The van der Waals surface area contributed by atoms with Gasteiger partial charge in [-0.1, -0.05) is 37.1 Å². The second kappa shape index (κ2) is 7.04. The average molecular weight is 347 g/mol. The highest BCUT2D eigenvalue weighted by Crippen LogP contribution is 2.29. The van der Waals surface area contributed by atoms with Crippen LogP contribution in [0.25, 0.3) is 10.8 Å². The van der Waals surface area contributed by atoms with Crippen LogP contribution in [-0.4, -0.2) is 21.8 Å². The van der Waals surface area contributed by atoms with Crippen LogP contribution < -0.4 is 5.43 Å². The number of hydrogen-bond donors (Lipinski definition) is 2. The van der Waals surface area contributed by atoms with Gasteiger partial charge < -0.3 is 9.67 Å². The number of phenols is 1. The number of carbonyl (C=O) groups is 1. The molecule has 2 N–H and O–H groups in total. The SMILES string of the molecule is O=C(N/N=C\c1ccn(C2CCCC2)c1)c1cc2ccccc2cc1O. The summed E-state index contributed by atoms with van der Waals surface area (Å²) in [4.78, 5) is 12.3. The van der Waals surface area contributed by atoms with Gasteiger partial charge in [0, 0.05) is 24.0 Å². The zero-order chi connectivity index (χ0) is 17.9. The Bertz CT molecular complexity index is 968. The molecular formula is C21H21N3O2. The van der Waals surface area contributed by atoms with Crippen molar-refractivity contribution in [3.05, 3.63) is 66.0 Å². The molecule has 5 heteroatoms. The number of amides is 1. The summed E-state index contributed by atoms with van der Waals surface area (Å²) in [6.07, 6.45) is 10.8. The third-order valence-electron chi connectivity index (χ3n) is 4.97. The van der Waals surface area contributed by atoms with Gasteiger partial charge in [-0.15, -0.1) is 0 Å². The van der Waals surface area contributed by atoms with Crippen LogP contribution in [0.1, 0.15) is 47.6 Å². The van der Waals surface area contributed by atoms with Gasteiger partial charge in [-0.05, 0) is 41.8 Å². The molecule has 0 radical (unpaired) electrons. The predicted octanol–water partition coefficient (Wildman–Crippen LogP) is 4.23. The maximum absolute atomic E-state index is 12.3. The van der Waals surface area contributed by atoms with Gasteiger partial charge in [0.1, 0.15) is 5.75 Å². The molecule has 26 heavy (non-hydrogen) atoms. The van der Waals surface area contributed by atoms with Crippen LogP contribution in [0.2, 0.25) is 0 Å². The third-order valence-corrected chi connectivity index (χ3v) is 4.97. The van der Waals surface area contributed by atoms with Crippen LogP contribution in [0.3, 0.4) is 0 Å². The summed E-state index contributed by atoms with van der Waals surface area (Å²) in [6.45, 7) is 0. The lowest BCUT2D eigenvalue weighted by Crippen LogP contribution is -2.17. The number of nitrogens with one attached hydrogen (secondary N) is 1. The Morgan fingerprint density at radius 1 is 1.15 bits per heavy atom. The van der Waals surface area contributed by atoms with Gasteiger partial charge >= 0.3 is 0 Å². The first-order valence-electron chi connectivity index (χ1n) is 8.93. The average Bonchev–Trinajstić information content (AvgIpc) is 3.32. The van der Waals surface area contributed by atoms with E-state index in [1.54, 1.807) is 18.3 Å². The van der Waals surface area contributed by atoms with Crippen LogP contribution in [-0.2, 0) is 0 Å². The molecular weight excluding hydrogens is 326 g/mol. The van der Waals surface area contributed by atoms with E-state index in [4.69, 9.17) is 0 Å². The van der Waals surface area contributed by atoms with Crippen LogP contribution in [0.5, 0.6) is 5.75 Å². The van der Waals surface area contributed by atoms with Crippen molar-refractivity contribution in [3.8, 4) is 5.75 Å². The first-order valence-corrected chi connectivity index (χ1v) is 8.93. The molecule has 1 saturated carbocycles. The number of aromatic nitrogens is 1. The summed E-state index contributed by atoms with van der Waals surface area (Å²) < 4.78 is 2.23. The Morgan fingerprint density at radius 3 is 2.65 bits per heavy atom. The molecule has 1 aliphatic rings. The summed E-state index contributed by atoms with van der Waals surface area (Å²) in [5.74, 6) is -0.483. The third kappa shape index (κ3) is 3.33. The maximum Gasteiger partial charge on any atom is 0.275 e. The fourth-order valence-corrected chi connectivity index (χ4v) is 3.57. The number of aromatic hydroxyl groups is 1. The molecule has 0 saturated heterocycles. The van der Waals surface area contributed by atoms with Crippen molar-refractivity contribution < 1.29 is 9.90 Å². The van der Waals surface area contributed by atoms with E-state index in [1.807, 2.05) is 30.3 Å². The minimum atomic E-state index is -0.431. The summed E-state index contributed by atoms with van der Waals surface area (Å²) in [5, 5.41) is 15.9. The minimum Gasteiger partial charge on any atom is -0.507 e. The fraction of sp³-hybridized carbons (Fsp3) is 0.238. The quantitative estimate of drug-likeness (QED) is 0.548. The van der Waals surface area contributed by atoms with Gasteiger partial charge in [0.25, 0.3) is 5.91 Å². The van der Waals surface area contributed by atoms with Gasteiger partial charge in [-0.25, -0.2) is 5.43 Å². The summed E-state index contributed by atoms with van der Waals surface area (Å²) in [5.41, 5.74) is 3.65. The van der Waals surface area contributed by atoms with E-state index in [9.17, 15) is 9.90 Å². The molecule has 3 aromatic rings. The van der Waals surface area contributed by atoms with E-state index in [2.05, 4.69) is 27.5 Å². The smallest absolute Gasteiger partial charge is 0.275 e. The lowest BCUT2D eigenvalue weighted by molar-refractivity contribution is 0.0952.